The monoisotopic (exact) mass is 362 g/mol. The van der Waals surface area contributed by atoms with Crippen LogP contribution in [0.1, 0.15) is 42.8 Å². The topological polar surface area (TPSA) is 39.7 Å². The van der Waals surface area contributed by atoms with Crippen molar-refractivity contribution in [3.05, 3.63) is 16.1 Å². The Morgan fingerprint density at radius 1 is 1.28 bits per heavy atom. The second kappa shape index (κ2) is 6.97. The molecule has 0 radical (unpaired) electrons. The Balaban J connectivity index is 1.43. The van der Waals surface area contributed by atoms with Gasteiger partial charge in [0.05, 0.1) is 10.7 Å². The number of carbonyl (C=O) groups excluding carboxylic acids is 1. The number of thiazole rings is 1. The van der Waals surface area contributed by atoms with Crippen LogP contribution in [-0.2, 0) is 11.3 Å². The lowest BCUT2D eigenvalue weighted by molar-refractivity contribution is -0.131. The number of amides is 1. The first-order valence-electron chi connectivity index (χ1n) is 9.66. The summed E-state index contributed by atoms with van der Waals surface area (Å²) in [6.45, 7) is 8.19. The summed E-state index contributed by atoms with van der Waals surface area (Å²) in [4.78, 5) is 24.4. The minimum atomic E-state index is 0.150. The number of piperazine rings is 1. The highest BCUT2D eigenvalue weighted by Crippen LogP contribution is 2.35. The molecule has 2 aliphatic heterocycles. The zero-order chi connectivity index (χ0) is 17.4. The van der Waals surface area contributed by atoms with Gasteiger partial charge >= 0.3 is 0 Å². The van der Waals surface area contributed by atoms with E-state index in [0.717, 1.165) is 63.0 Å². The Morgan fingerprint density at radius 2 is 2.12 bits per heavy atom. The molecule has 0 bridgehead atoms. The maximum atomic E-state index is 12.6. The van der Waals surface area contributed by atoms with Gasteiger partial charge in [-0.15, -0.1) is 11.3 Å². The molecule has 1 aromatic heterocycles. The molecule has 1 aliphatic carbocycles. The molecule has 5 nitrogen and oxygen atoms in total. The predicted octanol–water partition coefficient (Wildman–Crippen LogP) is 2.36. The molecule has 3 fully saturated rings. The van der Waals surface area contributed by atoms with Crippen LogP contribution in [0.15, 0.2) is 5.38 Å². The van der Waals surface area contributed by atoms with Gasteiger partial charge in [0.15, 0.2) is 0 Å². The molecule has 0 aromatic carbocycles. The molecule has 0 unspecified atom stereocenters. The third kappa shape index (κ3) is 3.91. The van der Waals surface area contributed by atoms with Gasteiger partial charge in [0.2, 0.25) is 5.91 Å². The van der Waals surface area contributed by atoms with Crippen LogP contribution in [0, 0.1) is 12.8 Å². The highest BCUT2D eigenvalue weighted by molar-refractivity contribution is 7.09. The molecule has 1 spiro atoms. The molecule has 4 rings (SSSR count). The van der Waals surface area contributed by atoms with Gasteiger partial charge in [0, 0.05) is 56.6 Å². The minimum absolute atomic E-state index is 0.150. The summed E-state index contributed by atoms with van der Waals surface area (Å²) < 4.78 is 0. The second-order valence-corrected chi connectivity index (χ2v) is 9.31. The summed E-state index contributed by atoms with van der Waals surface area (Å²) in [5.74, 6) is 1.16. The van der Waals surface area contributed by atoms with Crippen molar-refractivity contribution in [2.45, 2.75) is 51.1 Å². The number of likely N-dealkylation sites (N-methyl/N-ethyl adjacent to an activating group) is 1. The molecular weight excluding hydrogens is 332 g/mol. The van der Waals surface area contributed by atoms with E-state index in [4.69, 9.17) is 0 Å². The fourth-order valence-electron chi connectivity index (χ4n) is 4.43. The SMILES string of the molecule is Cc1nc(CN2CCN(C)[C@@]3(CCC(=O)N(CC4CC4)CC3)C2)cs1. The van der Waals surface area contributed by atoms with Gasteiger partial charge in [-0.3, -0.25) is 14.6 Å². The van der Waals surface area contributed by atoms with Gasteiger partial charge in [0.25, 0.3) is 0 Å². The van der Waals surface area contributed by atoms with Crippen LogP contribution in [0.25, 0.3) is 0 Å². The van der Waals surface area contributed by atoms with E-state index < -0.39 is 0 Å². The number of nitrogens with zero attached hydrogens (tertiary/aromatic N) is 4. The molecule has 1 saturated carbocycles. The largest absolute Gasteiger partial charge is 0.342 e. The normalized spacial score (nSPS) is 29.4. The molecule has 1 aromatic rings. The highest BCUT2D eigenvalue weighted by atomic mass is 32.1. The van der Waals surface area contributed by atoms with Gasteiger partial charge in [-0.05, 0) is 45.6 Å². The van der Waals surface area contributed by atoms with Gasteiger partial charge in [-0.2, -0.15) is 0 Å². The average Bonchev–Trinajstić information content (AvgIpc) is 3.34. The number of aromatic nitrogens is 1. The maximum absolute atomic E-state index is 12.6. The fourth-order valence-corrected chi connectivity index (χ4v) is 5.03. The third-order valence-electron chi connectivity index (χ3n) is 6.31. The summed E-state index contributed by atoms with van der Waals surface area (Å²) in [6, 6.07) is 0. The zero-order valence-corrected chi connectivity index (χ0v) is 16.4. The van der Waals surface area contributed by atoms with E-state index in [1.807, 2.05) is 0 Å². The maximum Gasteiger partial charge on any atom is 0.222 e. The first-order chi connectivity index (χ1) is 12.0. The molecule has 0 N–H and O–H groups in total. The Labute approximate surface area is 155 Å². The molecular formula is C19H30N4OS. The fraction of sp³-hybridized carbons (Fsp3) is 0.789. The molecule has 3 aliphatic rings. The summed E-state index contributed by atoms with van der Waals surface area (Å²) in [5, 5.41) is 3.34. The van der Waals surface area contributed by atoms with Crippen LogP contribution in [-0.4, -0.2) is 70.9 Å². The first kappa shape index (κ1) is 17.4. The van der Waals surface area contributed by atoms with Crippen molar-refractivity contribution in [1.29, 1.82) is 0 Å². The zero-order valence-electron chi connectivity index (χ0n) is 15.5. The van der Waals surface area contributed by atoms with Crippen molar-refractivity contribution in [2.24, 2.45) is 5.92 Å². The second-order valence-electron chi connectivity index (χ2n) is 8.25. The van der Waals surface area contributed by atoms with E-state index in [0.29, 0.717) is 12.3 Å². The third-order valence-corrected chi connectivity index (χ3v) is 7.13. The molecule has 1 amide bonds. The number of aryl methyl sites for hydroxylation is 1. The van der Waals surface area contributed by atoms with Crippen molar-refractivity contribution in [1.82, 2.24) is 19.7 Å². The van der Waals surface area contributed by atoms with Crippen LogP contribution >= 0.6 is 11.3 Å². The summed E-state index contributed by atoms with van der Waals surface area (Å²) in [6.07, 6.45) is 5.44. The quantitative estimate of drug-likeness (QED) is 0.824. The molecule has 6 heteroatoms. The van der Waals surface area contributed by atoms with Crippen LogP contribution in [0.4, 0.5) is 0 Å². The van der Waals surface area contributed by atoms with Crippen molar-refractivity contribution in [3.8, 4) is 0 Å². The highest BCUT2D eigenvalue weighted by Gasteiger charge is 2.42. The lowest BCUT2D eigenvalue weighted by atomic mass is 9.86. The summed E-state index contributed by atoms with van der Waals surface area (Å²) in [7, 11) is 2.26. The molecule has 3 heterocycles. The number of carbonyl (C=O) groups is 1. The van der Waals surface area contributed by atoms with E-state index in [-0.39, 0.29) is 5.54 Å². The standard InChI is InChI=1S/C19H30N4OS/c1-15-20-17(13-25-15)12-22-10-9-21(2)19(14-22)6-5-18(24)23(8-7-19)11-16-3-4-16/h13,16H,3-12,14H2,1-2H3/t19-/m1/s1. The van der Waals surface area contributed by atoms with Crippen molar-refractivity contribution >= 4 is 17.2 Å². The van der Waals surface area contributed by atoms with E-state index in [9.17, 15) is 4.79 Å². The van der Waals surface area contributed by atoms with E-state index in [1.54, 1.807) is 11.3 Å². The van der Waals surface area contributed by atoms with Crippen LogP contribution in [0.5, 0.6) is 0 Å². The lowest BCUT2D eigenvalue weighted by Gasteiger charge is -2.49. The Bertz CT molecular complexity index is 629. The smallest absolute Gasteiger partial charge is 0.222 e. The minimum Gasteiger partial charge on any atom is -0.342 e. The summed E-state index contributed by atoms with van der Waals surface area (Å²) in [5.41, 5.74) is 1.35. The van der Waals surface area contributed by atoms with Crippen LogP contribution < -0.4 is 0 Å². The van der Waals surface area contributed by atoms with E-state index in [1.165, 1.54) is 18.5 Å². The average molecular weight is 363 g/mol. The Morgan fingerprint density at radius 3 is 2.84 bits per heavy atom. The van der Waals surface area contributed by atoms with Crippen molar-refractivity contribution in [2.75, 3.05) is 39.8 Å². The number of likely N-dealkylation sites (tertiary alicyclic amines) is 1. The van der Waals surface area contributed by atoms with Crippen LogP contribution in [0.3, 0.4) is 0 Å². The number of hydrogen-bond acceptors (Lipinski definition) is 5. The van der Waals surface area contributed by atoms with Crippen LogP contribution in [0.2, 0.25) is 0 Å². The van der Waals surface area contributed by atoms with Gasteiger partial charge < -0.3 is 4.90 Å². The predicted molar refractivity (Wildman–Crippen MR) is 101 cm³/mol. The van der Waals surface area contributed by atoms with Gasteiger partial charge in [-0.25, -0.2) is 4.98 Å². The Kier molecular flexibility index (Phi) is 4.86. The lowest BCUT2D eigenvalue weighted by Crippen LogP contribution is -2.60. The summed E-state index contributed by atoms with van der Waals surface area (Å²) >= 11 is 1.74. The van der Waals surface area contributed by atoms with Crippen molar-refractivity contribution < 1.29 is 4.79 Å². The van der Waals surface area contributed by atoms with E-state index in [2.05, 4.69) is 39.0 Å². The molecule has 25 heavy (non-hydrogen) atoms. The van der Waals surface area contributed by atoms with Gasteiger partial charge in [-0.1, -0.05) is 0 Å². The molecule has 2 saturated heterocycles. The van der Waals surface area contributed by atoms with Crippen molar-refractivity contribution in [3.63, 3.8) is 0 Å². The number of hydrogen-bond donors (Lipinski definition) is 0. The van der Waals surface area contributed by atoms with E-state index >= 15 is 0 Å². The first-order valence-corrected chi connectivity index (χ1v) is 10.5. The Hall–Kier alpha value is -0.980. The molecule has 138 valence electrons. The van der Waals surface area contributed by atoms with Gasteiger partial charge in [0.1, 0.15) is 0 Å². The number of rotatable bonds is 4. The molecule has 1 atom stereocenters.